The summed E-state index contributed by atoms with van der Waals surface area (Å²) in [6, 6.07) is 2.24. The van der Waals surface area contributed by atoms with Gasteiger partial charge in [0.15, 0.2) is 0 Å². The molecule has 0 radical (unpaired) electrons. The Kier molecular flexibility index (Phi) is 6.36. The summed E-state index contributed by atoms with van der Waals surface area (Å²) in [6.45, 7) is 4.87. The number of halogens is 1. The van der Waals surface area contributed by atoms with E-state index < -0.39 is 0 Å². The molecule has 1 aromatic heterocycles. The molecule has 1 aliphatic rings. The van der Waals surface area contributed by atoms with Crippen LogP contribution >= 0.6 is 23.7 Å². The van der Waals surface area contributed by atoms with Gasteiger partial charge >= 0.3 is 0 Å². The number of thiophene rings is 1. The Morgan fingerprint density at radius 1 is 1.44 bits per heavy atom. The molecule has 2 rings (SSSR count). The lowest BCUT2D eigenvalue weighted by atomic mass is 9.97. The number of nitrogens with zero attached hydrogens (tertiary/aromatic N) is 1. The van der Waals surface area contributed by atoms with Crippen LogP contribution in [0.2, 0.25) is 0 Å². The number of rotatable bonds is 4. The van der Waals surface area contributed by atoms with E-state index >= 15 is 0 Å². The van der Waals surface area contributed by atoms with Gasteiger partial charge in [0.25, 0.3) is 0 Å². The maximum Gasteiger partial charge on any atom is 0.0241 e. The summed E-state index contributed by atoms with van der Waals surface area (Å²) in [4.78, 5) is 2.58. The first-order chi connectivity index (χ1) is 7.38. The lowest BCUT2D eigenvalue weighted by Crippen LogP contribution is -2.36. The third-order valence-corrected chi connectivity index (χ3v) is 3.92. The molecule has 1 fully saturated rings. The van der Waals surface area contributed by atoms with Crippen molar-refractivity contribution in [2.24, 2.45) is 5.92 Å². The van der Waals surface area contributed by atoms with Crippen LogP contribution in [0.1, 0.15) is 18.4 Å². The fourth-order valence-electron chi connectivity index (χ4n) is 2.28. The van der Waals surface area contributed by atoms with Gasteiger partial charge in [-0.15, -0.1) is 12.4 Å². The van der Waals surface area contributed by atoms with Crippen LogP contribution in [0.5, 0.6) is 0 Å². The van der Waals surface area contributed by atoms with Crippen molar-refractivity contribution >= 4 is 23.7 Å². The van der Waals surface area contributed by atoms with Gasteiger partial charge in [-0.3, -0.25) is 4.90 Å². The lowest BCUT2D eigenvalue weighted by Gasteiger charge is -2.31. The standard InChI is InChI=1S/C12H20N2S.ClH/c1-13-8-11-2-5-14(6-3-11)9-12-4-7-15-10-12;/h4,7,10-11,13H,2-3,5-6,8-9H2,1H3;1H. The van der Waals surface area contributed by atoms with Gasteiger partial charge in [-0.2, -0.15) is 11.3 Å². The van der Waals surface area contributed by atoms with Gasteiger partial charge in [0.1, 0.15) is 0 Å². The fraction of sp³-hybridized carbons (Fsp3) is 0.667. The molecule has 0 aliphatic carbocycles. The van der Waals surface area contributed by atoms with Gasteiger partial charge in [0.2, 0.25) is 0 Å². The molecule has 0 spiro atoms. The van der Waals surface area contributed by atoms with E-state index in [1.54, 1.807) is 11.3 Å². The van der Waals surface area contributed by atoms with Gasteiger partial charge in [-0.25, -0.2) is 0 Å². The Morgan fingerprint density at radius 3 is 2.75 bits per heavy atom. The first kappa shape index (κ1) is 14.0. The van der Waals surface area contributed by atoms with Crippen molar-refractivity contribution in [1.82, 2.24) is 10.2 Å². The third kappa shape index (κ3) is 4.06. The first-order valence-electron chi connectivity index (χ1n) is 5.76. The first-order valence-corrected chi connectivity index (χ1v) is 6.71. The molecule has 4 heteroatoms. The molecule has 92 valence electrons. The van der Waals surface area contributed by atoms with E-state index in [1.807, 2.05) is 0 Å². The average molecular weight is 261 g/mol. The topological polar surface area (TPSA) is 15.3 Å². The molecule has 1 N–H and O–H groups in total. The molecule has 1 aromatic rings. The van der Waals surface area contributed by atoms with Crippen LogP contribution in [0.15, 0.2) is 16.8 Å². The Hall–Kier alpha value is -0.0900. The van der Waals surface area contributed by atoms with Crippen LogP contribution in [0.3, 0.4) is 0 Å². The maximum absolute atomic E-state index is 3.28. The zero-order valence-corrected chi connectivity index (χ0v) is 11.4. The van der Waals surface area contributed by atoms with E-state index in [0.717, 1.165) is 12.5 Å². The Morgan fingerprint density at radius 2 is 2.19 bits per heavy atom. The highest BCUT2D eigenvalue weighted by atomic mass is 35.5. The molecule has 2 nitrogen and oxygen atoms in total. The molecule has 0 atom stereocenters. The van der Waals surface area contributed by atoms with Crippen molar-refractivity contribution in [2.45, 2.75) is 19.4 Å². The summed E-state index contributed by atoms with van der Waals surface area (Å²) >= 11 is 1.80. The smallest absolute Gasteiger partial charge is 0.0241 e. The summed E-state index contributed by atoms with van der Waals surface area (Å²) in [7, 11) is 2.05. The SMILES string of the molecule is CNCC1CCN(Cc2ccsc2)CC1.Cl. The van der Waals surface area contributed by atoms with Gasteiger partial charge in [-0.1, -0.05) is 0 Å². The van der Waals surface area contributed by atoms with Crippen LogP contribution in [-0.2, 0) is 6.54 Å². The minimum Gasteiger partial charge on any atom is -0.319 e. The van der Waals surface area contributed by atoms with E-state index in [-0.39, 0.29) is 12.4 Å². The van der Waals surface area contributed by atoms with Crippen LogP contribution < -0.4 is 5.32 Å². The van der Waals surface area contributed by atoms with E-state index in [0.29, 0.717) is 0 Å². The molecular formula is C12H21ClN2S. The van der Waals surface area contributed by atoms with Crippen molar-refractivity contribution in [3.63, 3.8) is 0 Å². The summed E-state index contributed by atoms with van der Waals surface area (Å²) in [6.07, 6.45) is 2.70. The maximum atomic E-state index is 3.28. The van der Waals surface area contributed by atoms with Gasteiger partial charge < -0.3 is 5.32 Å². The highest BCUT2D eigenvalue weighted by Crippen LogP contribution is 2.19. The Labute approximate surface area is 108 Å². The van der Waals surface area contributed by atoms with Gasteiger partial charge in [0, 0.05) is 6.54 Å². The molecule has 0 bridgehead atoms. The largest absolute Gasteiger partial charge is 0.319 e. The number of nitrogens with one attached hydrogen (secondary N) is 1. The normalized spacial score (nSPS) is 18.3. The quantitative estimate of drug-likeness (QED) is 0.895. The fourth-order valence-corrected chi connectivity index (χ4v) is 2.94. The molecule has 1 aliphatic heterocycles. The predicted molar refractivity (Wildman–Crippen MR) is 73.5 cm³/mol. The highest BCUT2D eigenvalue weighted by molar-refractivity contribution is 7.07. The molecule has 0 amide bonds. The van der Waals surface area contributed by atoms with Crippen molar-refractivity contribution in [2.75, 3.05) is 26.7 Å². The van der Waals surface area contributed by atoms with Gasteiger partial charge in [-0.05, 0) is 67.8 Å². The molecule has 0 unspecified atom stereocenters. The summed E-state index contributed by atoms with van der Waals surface area (Å²) in [5.41, 5.74) is 1.48. The van der Waals surface area contributed by atoms with Crippen LogP contribution in [0.4, 0.5) is 0 Å². The molecule has 16 heavy (non-hydrogen) atoms. The zero-order valence-electron chi connectivity index (χ0n) is 9.82. The van der Waals surface area contributed by atoms with E-state index in [9.17, 15) is 0 Å². The van der Waals surface area contributed by atoms with Crippen molar-refractivity contribution in [1.29, 1.82) is 0 Å². The molecular weight excluding hydrogens is 240 g/mol. The number of hydrogen-bond acceptors (Lipinski definition) is 3. The van der Waals surface area contributed by atoms with Crippen LogP contribution in [-0.4, -0.2) is 31.6 Å². The predicted octanol–water partition coefficient (Wildman–Crippen LogP) is 2.60. The monoisotopic (exact) mass is 260 g/mol. The molecule has 2 heterocycles. The molecule has 0 saturated carbocycles. The van der Waals surface area contributed by atoms with Crippen LogP contribution in [0, 0.1) is 5.92 Å². The minimum absolute atomic E-state index is 0. The second-order valence-electron chi connectivity index (χ2n) is 4.41. The number of piperidine rings is 1. The zero-order chi connectivity index (χ0) is 10.5. The van der Waals surface area contributed by atoms with E-state index in [2.05, 4.69) is 34.1 Å². The second-order valence-corrected chi connectivity index (χ2v) is 5.19. The highest BCUT2D eigenvalue weighted by Gasteiger charge is 2.18. The summed E-state index contributed by atoms with van der Waals surface area (Å²) in [5.74, 6) is 0.897. The van der Waals surface area contributed by atoms with Gasteiger partial charge in [0.05, 0.1) is 0 Å². The number of likely N-dealkylation sites (tertiary alicyclic amines) is 1. The van der Waals surface area contributed by atoms with Crippen molar-refractivity contribution in [3.05, 3.63) is 22.4 Å². The number of hydrogen-bond donors (Lipinski definition) is 1. The molecule has 1 saturated heterocycles. The molecule has 0 aromatic carbocycles. The van der Waals surface area contributed by atoms with Crippen LogP contribution in [0.25, 0.3) is 0 Å². The Balaban J connectivity index is 0.00000128. The summed E-state index contributed by atoms with van der Waals surface area (Å²) < 4.78 is 0. The second kappa shape index (κ2) is 7.28. The van der Waals surface area contributed by atoms with Crippen molar-refractivity contribution < 1.29 is 0 Å². The lowest BCUT2D eigenvalue weighted by molar-refractivity contribution is 0.177. The van der Waals surface area contributed by atoms with E-state index in [4.69, 9.17) is 0 Å². The van der Waals surface area contributed by atoms with E-state index in [1.165, 1.54) is 38.0 Å². The third-order valence-electron chi connectivity index (χ3n) is 3.19. The summed E-state index contributed by atoms with van der Waals surface area (Å²) in [5, 5.41) is 7.71. The average Bonchev–Trinajstić information content (AvgIpc) is 2.74. The van der Waals surface area contributed by atoms with Crippen molar-refractivity contribution in [3.8, 4) is 0 Å². The minimum atomic E-state index is 0. The Bertz CT molecular complexity index is 269.